The fourth-order valence-electron chi connectivity index (χ4n) is 3.65. The van der Waals surface area contributed by atoms with E-state index >= 15 is 0 Å². The molecular weight excluding hydrogens is 428 g/mol. The standard InChI is InChI=1S/C25H22N8O/c1-32-17-22(24(30-32)19-9-13-27-14-10-19)29-25(34)28-15-20-16-33(21-5-3-2-4-6-21)31-23(20)18-7-11-26-12-8-18/h2-14,16-17H,15H2,1H3,(H2,28,29,34). The lowest BCUT2D eigenvalue weighted by atomic mass is 10.1. The maximum absolute atomic E-state index is 12.8. The van der Waals surface area contributed by atoms with E-state index in [4.69, 9.17) is 5.10 Å². The van der Waals surface area contributed by atoms with Gasteiger partial charge in [0.25, 0.3) is 0 Å². The van der Waals surface area contributed by atoms with Crippen LogP contribution in [0, 0.1) is 0 Å². The van der Waals surface area contributed by atoms with E-state index in [1.165, 1.54) is 0 Å². The number of nitrogens with zero attached hydrogens (tertiary/aromatic N) is 6. The number of anilines is 1. The van der Waals surface area contributed by atoms with Crippen LogP contribution < -0.4 is 10.6 Å². The monoisotopic (exact) mass is 450 g/mol. The summed E-state index contributed by atoms with van der Waals surface area (Å²) >= 11 is 0. The first-order valence-corrected chi connectivity index (χ1v) is 10.7. The molecule has 0 atom stereocenters. The Hall–Kier alpha value is -4.79. The molecule has 0 bridgehead atoms. The minimum Gasteiger partial charge on any atom is -0.334 e. The van der Waals surface area contributed by atoms with Crippen LogP contribution in [0.3, 0.4) is 0 Å². The molecule has 2 N–H and O–H groups in total. The highest BCUT2D eigenvalue weighted by molar-refractivity contribution is 5.93. The average Bonchev–Trinajstić information content (AvgIpc) is 3.48. The number of hydrogen-bond acceptors (Lipinski definition) is 5. The van der Waals surface area contributed by atoms with Gasteiger partial charge in [-0.15, -0.1) is 0 Å². The molecule has 9 nitrogen and oxygen atoms in total. The quantitative estimate of drug-likeness (QED) is 0.406. The molecule has 0 spiro atoms. The Labute approximate surface area is 196 Å². The summed E-state index contributed by atoms with van der Waals surface area (Å²) in [6, 6.07) is 17.0. The van der Waals surface area contributed by atoms with Gasteiger partial charge in [-0.3, -0.25) is 14.6 Å². The smallest absolute Gasteiger partial charge is 0.319 e. The van der Waals surface area contributed by atoms with Crippen LogP contribution in [0.15, 0.2) is 91.8 Å². The fourth-order valence-corrected chi connectivity index (χ4v) is 3.65. The van der Waals surface area contributed by atoms with Gasteiger partial charge in [0, 0.05) is 67.5 Å². The molecule has 5 rings (SSSR count). The zero-order valence-electron chi connectivity index (χ0n) is 18.5. The van der Waals surface area contributed by atoms with Gasteiger partial charge in [0.1, 0.15) is 5.69 Å². The number of benzene rings is 1. The summed E-state index contributed by atoms with van der Waals surface area (Å²) in [7, 11) is 1.81. The number of carbonyl (C=O) groups is 1. The lowest BCUT2D eigenvalue weighted by Crippen LogP contribution is -2.28. The van der Waals surface area contributed by atoms with Gasteiger partial charge in [0.05, 0.1) is 17.1 Å². The van der Waals surface area contributed by atoms with E-state index in [9.17, 15) is 4.79 Å². The van der Waals surface area contributed by atoms with Gasteiger partial charge in [-0.25, -0.2) is 9.48 Å². The van der Waals surface area contributed by atoms with Gasteiger partial charge in [-0.2, -0.15) is 10.2 Å². The van der Waals surface area contributed by atoms with Crippen molar-refractivity contribution in [2.75, 3.05) is 5.32 Å². The summed E-state index contributed by atoms with van der Waals surface area (Å²) in [5, 5.41) is 15.1. The van der Waals surface area contributed by atoms with Crippen molar-refractivity contribution < 1.29 is 4.79 Å². The second-order valence-electron chi connectivity index (χ2n) is 7.63. The zero-order valence-corrected chi connectivity index (χ0v) is 18.5. The molecule has 4 heterocycles. The molecule has 0 aliphatic rings. The van der Waals surface area contributed by atoms with E-state index in [-0.39, 0.29) is 6.03 Å². The lowest BCUT2D eigenvalue weighted by molar-refractivity contribution is 0.252. The van der Waals surface area contributed by atoms with Crippen molar-refractivity contribution in [2.45, 2.75) is 6.54 Å². The van der Waals surface area contributed by atoms with E-state index < -0.39 is 0 Å². The number of aromatic nitrogens is 6. The molecule has 5 aromatic rings. The molecule has 0 saturated carbocycles. The number of pyridine rings is 2. The Morgan fingerprint density at radius 3 is 2.15 bits per heavy atom. The molecule has 168 valence electrons. The van der Waals surface area contributed by atoms with Crippen LogP contribution in [-0.2, 0) is 13.6 Å². The van der Waals surface area contributed by atoms with Crippen molar-refractivity contribution in [3.05, 3.63) is 97.3 Å². The molecule has 0 aliphatic carbocycles. The van der Waals surface area contributed by atoms with Crippen LogP contribution in [0.4, 0.5) is 10.5 Å². The summed E-state index contributed by atoms with van der Waals surface area (Å²) in [5.41, 5.74) is 5.68. The van der Waals surface area contributed by atoms with Gasteiger partial charge in [-0.05, 0) is 36.4 Å². The van der Waals surface area contributed by atoms with Crippen molar-refractivity contribution in [3.63, 3.8) is 0 Å². The number of amides is 2. The number of aryl methyl sites for hydroxylation is 1. The van der Waals surface area contributed by atoms with Crippen molar-refractivity contribution in [1.82, 2.24) is 34.8 Å². The van der Waals surface area contributed by atoms with Gasteiger partial charge in [0.15, 0.2) is 0 Å². The summed E-state index contributed by atoms with van der Waals surface area (Å²) in [6.45, 7) is 0.293. The van der Waals surface area contributed by atoms with E-state index in [0.29, 0.717) is 17.9 Å². The van der Waals surface area contributed by atoms with Crippen molar-refractivity contribution in [3.8, 4) is 28.2 Å². The van der Waals surface area contributed by atoms with E-state index in [2.05, 4.69) is 25.7 Å². The fraction of sp³-hybridized carbons (Fsp3) is 0.0800. The Kier molecular flexibility index (Phi) is 5.81. The molecule has 0 aliphatic heterocycles. The third kappa shape index (κ3) is 4.53. The highest BCUT2D eigenvalue weighted by Gasteiger charge is 2.16. The Morgan fingerprint density at radius 2 is 1.47 bits per heavy atom. The van der Waals surface area contributed by atoms with Crippen LogP contribution >= 0.6 is 0 Å². The average molecular weight is 451 g/mol. The second-order valence-corrected chi connectivity index (χ2v) is 7.63. The predicted octanol–water partition coefficient (Wildman–Crippen LogP) is 4.05. The highest BCUT2D eigenvalue weighted by atomic mass is 16.2. The molecule has 0 radical (unpaired) electrons. The molecule has 0 unspecified atom stereocenters. The lowest BCUT2D eigenvalue weighted by Gasteiger charge is -2.08. The third-order valence-corrected chi connectivity index (χ3v) is 5.23. The second kappa shape index (κ2) is 9.37. The number of hydrogen-bond donors (Lipinski definition) is 2. The highest BCUT2D eigenvalue weighted by Crippen LogP contribution is 2.26. The molecule has 4 aromatic heterocycles. The summed E-state index contributed by atoms with van der Waals surface area (Å²) in [4.78, 5) is 20.9. The number of nitrogens with one attached hydrogen (secondary N) is 2. The maximum Gasteiger partial charge on any atom is 0.319 e. The first-order valence-electron chi connectivity index (χ1n) is 10.7. The molecule has 0 saturated heterocycles. The summed E-state index contributed by atoms with van der Waals surface area (Å²) in [5.74, 6) is 0. The largest absolute Gasteiger partial charge is 0.334 e. The summed E-state index contributed by atoms with van der Waals surface area (Å²) < 4.78 is 3.48. The molecular formula is C25H22N8O. The number of rotatable bonds is 6. The number of para-hydroxylation sites is 1. The van der Waals surface area contributed by atoms with E-state index in [0.717, 1.165) is 28.1 Å². The van der Waals surface area contributed by atoms with Gasteiger partial charge in [-0.1, -0.05) is 18.2 Å². The van der Waals surface area contributed by atoms with Crippen molar-refractivity contribution in [1.29, 1.82) is 0 Å². The van der Waals surface area contributed by atoms with Crippen LogP contribution in [0.2, 0.25) is 0 Å². The van der Waals surface area contributed by atoms with Crippen molar-refractivity contribution in [2.24, 2.45) is 7.05 Å². The summed E-state index contributed by atoms with van der Waals surface area (Å²) in [6.07, 6.45) is 10.5. The minimum atomic E-state index is -0.337. The van der Waals surface area contributed by atoms with Crippen LogP contribution in [-0.4, -0.2) is 35.6 Å². The van der Waals surface area contributed by atoms with Gasteiger partial charge < -0.3 is 10.6 Å². The van der Waals surface area contributed by atoms with Crippen molar-refractivity contribution >= 4 is 11.7 Å². The predicted molar refractivity (Wildman–Crippen MR) is 129 cm³/mol. The molecule has 1 aromatic carbocycles. The third-order valence-electron chi connectivity index (χ3n) is 5.23. The van der Waals surface area contributed by atoms with Crippen LogP contribution in [0.25, 0.3) is 28.2 Å². The van der Waals surface area contributed by atoms with Gasteiger partial charge in [0.2, 0.25) is 0 Å². The number of urea groups is 1. The zero-order chi connectivity index (χ0) is 23.3. The maximum atomic E-state index is 12.8. The molecule has 9 heteroatoms. The molecule has 2 amide bonds. The Balaban J connectivity index is 1.36. The normalized spacial score (nSPS) is 10.7. The first-order chi connectivity index (χ1) is 16.7. The van der Waals surface area contributed by atoms with E-state index in [1.54, 1.807) is 35.7 Å². The SMILES string of the molecule is Cn1cc(NC(=O)NCc2cn(-c3ccccc3)nc2-c2ccncc2)c(-c2ccncc2)n1. The van der Waals surface area contributed by atoms with E-state index in [1.807, 2.05) is 72.5 Å². The topological polar surface area (TPSA) is 103 Å². The Bertz CT molecular complexity index is 1400. The Morgan fingerprint density at radius 1 is 0.824 bits per heavy atom. The van der Waals surface area contributed by atoms with Crippen LogP contribution in [0.1, 0.15) is 5.56 Å². The minimum absolute atomic E-state index is 0.293. The van der Waals surface area contributed by atoms with Crippen LogP contribution in [0.5, 0.6) is 0 Å². The van der Waals surface area contributed by atoms with Gasteiger partial charge >= 0.3 is 6.03 Å². The molecule has 0 fully saturated rings. The number of carbonyl (C=O) groups excluding carboxylic acids is 1. The molecule has 34 heavy (non-hydrogen) atoms. The first kappa shape index (κ1) is 21.1.